The summed E-state index contributed by atoms with van der Waals surface area (Å²) >= 11 is 0. The average molecular weight is 290 g/mol. The zero-order valence-electron chi connectivity index (χ0n) is 11.9. The molecule has 2 heterocycles. The number of nitrogens with two attached hydrogens (primary N) is 1. The van der Waals surface area contributed by atoms with Crippen LogP contribution in [0.3, 0.4) is 0 Å². The van der Waals surface area contributed by atoms with Crippen LogP contribution in [0.5, 0.6) is 5.75 Å². The number of anilines is 1. The van der Waals surface area contributed by atoms with Crippen molar-refractivity contribution < 1.29 is 19.1 Å². The topological polar surface area (TPSA) is 81.9 Å². The number of benzene rings is 1. The zero-order valence-corrected chi connectivity index (χ0v) is 11.9. The quantitative estimate of drug-likeness (QED) is 0.658. The van der Waals surface area contributed by atoms with Crippen molar-refractivity contribution in [3.63, 3.8) is 0 Å². The van der Waals surface area contributed by atoms with Crippen LogP contribution >= 0.6 is 0 Å². The zero-order chi connectivity index (χ0) is 15.0. The minimum Gasteiger partial charge on any atom is -0.467 e. The fourth-order valence-corrected chi connectivity index (χ4v) is 2.82. The highest BCUT2D eigenvalue weighted by Crippen LogP contribution is 2.32. The summed E-state index contributed by atoms with van der Waals surface area (Å²) in [6, 6.07) is 3.54. The third kappa shape index (κ3) is 2.71. The van der Waals surface area contributed by atoms with Gasteiger partial charge in [-0.1, -0.05) is 6.92 Å². The van der Waals surface area contributed by atoms with Crippen molar-refractivity contribution in [3.8, 4) is 5.75 Å². The van der Waals surface area contributed by atoms with Gasteiger partial charge < -0.3 is 15.2 Å². The number of hydrogen-bond donors (Lipinski definition) is 1. The van der Waals surface area contributed by atoms with Gasteiger partial charge in [0, 0.05) is 29.7 Å². The maximum absolute atomic E-state index is 12.1. The van der Waals surface area contributed by atoms with E-state index in [9.17, 15) is 9.59 Å². The van der Waals surface area contributed by atoms with Crippen LogP contribution in [0.4, 0.5) is 5.69 Å². The Hall–Kier alpha value is -2.08. The first-order valence-corrected chi connectivity index (χ1v) is 6.99. The lowest BCUT2D eigenvalue weighted by Gasteiger charge is -2.30. The predicted octanol–water partition coefficient (Wildman–Crippen LogP) is 1.42. The van der Waals surface area contributed by atoms with E-state index in [-0.39, 0.29) is 31.1 Å². The Morgan fingerprint density at radius 2 is 2.00 bits per heavy atom. The lowest BCUT2D eigenvalue weighted by atomic mass is 9.97. The number of nitrogens with zero attached hydrogens (tertiary/aromatic N) is 1. The molecule has 0 atom stereocenters. The third-order valence-electron chi connectivity index (χ3n) is 3.79. The Morgan fingerprint density at radius 3 is 2.71 bits per heavy atom. The number of fused-ring (bicyclic) bond motifs is 1. The molecule has 2 aliphatic rings. The fraction of sp³-hybridized carbons (Fsp3) is 0.467. The van der Waals surface area contributed by atoms with Crippen LogP contribution in [-0.4, -0.2) is 23.5 Å². The lowest BCUT2D eigenvalue weighted by Crippen LogP contribution is -2.42. The van der Waals surface area contributed by atoms with E-state index < -0.39 is 0 Å². The van der Waals surface area contributed by atoms with E-state index in [2.05, 4.69) is 0 Å². The molecule has 1 aromatic carbocycles. The van der Waals surface area contributed by atoms with Gasteiger partial charge in [-0.05, 0) is 18.1 Å². The number of likely N-dealkylation sites (tertiary alicyclic amines) is 1. The van der Waals surface area contributed by atoms with Crippen molar-refractivity contribution in [1.82, 2.24) is 4.90 Å². The van der Waals surface area contributed by atoms with Gasteiger partial charge in [0.1, 0.15) is 5.75 Å². The minimum absolute atomic E-state index is 0.112. The Labute approximate surface area is 122 Å². The van der Waals surface area contributed by atoms with Crippen molar-refractivity contribution in [2.75, 3.05) is 12.5 Å². The number of carbonyl (C=O) groups is 2. The van der Waals surface area contributed by atoms with Crippen LogP contribution in [0.25, 0.3) is 0 Å². The van der Waals surface area contributed by atoms with E-state index in [0.717, 1.165) is 11.1 Å². The Morgan fingerprint density at radius 1 is 1.29 bits per heavy atom. The summed E-state index contributed by atoms with van der Waals surface area (Å²) in [7, 11) is 0. The molecule has 112 valence electrons. The van der Waals surface area contributed by atoms with Gasteiger partial charge >= 0.3 is 0 Å². The van der Waals surface area contributed by atoms with E-state index in [4.69, 9.17) is 15.2 Å². The number of amides is 2. The van der Waals surface area contributed by atoms with Crippen LogP contribution < -0.4 is 10.5 Å². The second-order valence-electron chi connectivity index (χ2n) is 5.67. The smallest absolute Gasteiger partial charge is 0.229 e. The Bertz CT molecular complexity index is 582. The highest BCUT2D eigenvalue weighted by molar-refractivity contribution is 5.97. The van der Waals surface area contributed by atoms with Crippen molar-refractivity contribution in [3.05, 3.63) is 23.3 Å². The largest absolute Gasteiger partial charge is 0.467 e. The number of ether oxygens (including phenoxy) is 2. The number of hydrogen-bond acceptors (Lipinski definition) is 5. The van der Waals surface area contributed by atoms with Gasteiger partial charge in [-0.15, -0.1) is 0 Å². The van der Waals surface area contributed by atoms with Crippen LogP contribution in [0, 0.1) is 5.92 Å². The molecule has 0 spiro atoms. The normalized spacial score (nSPS) is 19.4. The van der Waals surface area contributed by atoms with Gasteiger partial charge in [-0.3, -0.25) is 14.5 Å². The van der Waals surface area contributed by atoms with Gasteiger partial charge in [0.15, 0.2) is 6.79 Å². The van der Waals surface area contributed by atoms with Crippen LogP contribution in [0.15, 0.2) is 12.1 Å². The first-order valence-electron chi connectivity index (χ1n) is 6.99. The summed E-state index contributed by atoms with van der Waals surface area (Å²) in [5.74, 6) is 0.513. The standard InChI is InChI=1S/C15H18N2O4/c1-9-2-13(18)17(14(19)3-9)6-10-4-12(16)5-11-7-20-8-21-15(10)11/h4-5,9H,2-3,6-8,16H2,1H3. The second-order valence-corrected chi connectivity index (χ2v) is 5.67. The van der Waals surface area contributed by atoms with E-state index in [0.29, 0.717) is 30.9 Å². The third-order valence-corrected chi connectivity index (χ3v) is 3.79. The van der Waals surface area contributed by atoms with Crippen molar-refractivity contribution >= 4 is 17.5 Å². The van der Waals surface area contributed by atoms with E-state index in [1.165, 1.54) is 4.90 Å². The van der Waals surface area contributed by atoms with Gasteiger partial charge in [0.05, 0.1) is 13.2 Å². The predicted molar refractivity (Wildman–Crippen MR) is 75.1 cm³/mol. The second kappa shape index (κ2) is 5.37. The summed E-state index contributed by atoms with van der Waals surface area (Å²) < 4.78 is 10.7. The summed E-state index contributed by atoms with van der Waals surface area (Å²) in [5, 5.41) is 0. The molecule has 1 saturated heterocycles. The Kier molecular flexibility index (Phi) is 3.55. The average Bonchev–Trinajstić information content (AvgIpc) is 2.42. The minimum atomic E-state index is -0.137. The molecule has 0 saturated carbocycles. The van der Waals surface area contributed by atoms with Crippen molar-refractivity contribution in [1.29, 1.82) is 0 Å². The van der Waals surface area contributed by atoms with Crippen LogP contribution in [0.1, 0.15) is 30.9 Å². The molecule has 0 aliphatic carbocycles. The Balaban J connectivity index is 1.89. The summed E-state index contributed by atoms with van der Waals surface area (Å²) in [4.78, 5) is 25.5. The molecular formula is C15H18N2O4. The van der Waals surface area contributed by atoms with Crippen LogP contribution in [0.2, 0.25) is 0 Å². The summed E-state index contributed by atoms with van der Waals surface area (Å²) in [5.41, 5.74) is 8.05. The molecule has 2 aliphatic heterocycles. The molecule has 0 unspecified atom stereocenters. The highest BCUT2D eigenvalue weighted by Gasteiger charge is 2.31. The number of imide groups is 1. The van der Waals surface area contributed by atoms with Gasteiger partial charge in [-0.2, -0.15) is 0 Å². The van der Waals surface area contributed by atoms with Crippen molar-refractivity contribution in [2.24, 2.45) is 5.92 Å². The monoisotopic (exact) mass is 290 g/mol. The maximum atomic E-state index is 12.1. The van der Waals surface area contributed by atoms with Crippen LogP contribution in [-0.2, 0) is 27.5 Å². The molecule has 1 aromatic rings. The number of piperidine rings is 1. The molecule has 2 amide bonds. The number of rotatable bonds is 2. The SMILES string of the molecule is CC1CC(=O)N(Cc2cc(N)cc3c2OCOC3)C(=O)C1. The van der Waals surface area contributed by atoms with E-state index in [1.807, 2.05) is 6.92 Å². The first kappa shape index (κ1) is 13.9. The summed E-state index contributed by atoms with van der Waals surface area (Å²) in [6.07, 6.45) is 0.806. The lowest BCUT2D eigenvalue weighted by molar-refractivity contribution is -0.150. The first-order chi connectivity index (χ1) is 10.0. The van der Waals surface area contributed by atoms with Gasteiger partial charge in [0.2, 0.25) is 11.8 Å². The number of carbonyl (C=O) groups excluding carboxylic acids is 2. The molecular weight excluding hydrogens is 272 g/mol. The molecule has 2 N–H and O–H groups in total. The molecule has 1 fully saturated rings. The van der Waals surface area contributed by atoms with Gasteiger partial charge in [-0.25, -0.2) is 0 Å². The molecule has 6 heteroatoms. The summed E-state index contributed by atoms with van der Waals surface area (Å²) in [6.45, 7) is 2.71. The number of nitrogen functional groups attached to an aromatic ring is 1. The maximum Gasteiger partial charge on any atom is 0.229 e. The van der Waals surface area contributed by atoms with E-state index in [1.54, 1.807) is 12.1 Å². The fourth-order valence-electron chi connectivity index (χ4n) is 2.82. The van der Waals surface area contributed by atoms with Crippen molar-refractivity contribution in [2.45, 2.75) is 32.9 Å². The molecule has 3 rings (SSSR count). The highest BCUT2D eigenvalue weighted by atomic mass is 16.7. The molecule has 6 nitrogen and oxygen atoms in total. The molecule has 0 aromatic heterocycles. The molecule has 0 radical (unpaired) electrons. The molecule has 21 heavy (non-hydrogen) atoms. The molecule has 0 bridgehead atoms. The van der Waals surface area contributed by atoms with Gasteiger partial charge in [0.25, 0.3) is 0 Å². The van der Waals surface area contributed by atoms with E-state index >= 15 is 0 Å².